The number of rotatable bonds is 4. The van der Waals surface area contributed by atoms with Crippen LogP contribution in [0.1, 0.15) is 30.0 Å². The number of anilines is 1. The molecule has 6 nitrogen and oxygen atoms in total. The fourth-order valence-corrected chi connectivity index (χ4v) is 5.59. The molecule has 2 aliphatic rings. The SMILES string of the molecule is CCn1c(N2C[C@@]3(CCc4ccccc43)C(c3ccc(Cl)cc3)=N2)nn(-c2ccc(Cl)cc2)c1=O. The molecule has 8 heteroatoms. The van der Waals surface area contributed by atoms with Crippen molar-refractivity contribution in [3.8, 4) is 5.69 Å². The molecule has 176 valence electrons. The summed E-state index contributed by atoms with van der Waals surface area (Å²) in [4.78, 5) is 13.3. The van der Waals surface area contributed by atoms with E-state index in [1.165, 1.54) is 15.8 Å². The molecule has 0 bridgehead atoms. The summed E-state index contributed by atoms with van der Waals surface area (Å²) in [6, 6.07) is 23.5. The Kier molecular flexibility index (Phi) is 5.31. The second-order valence-corrected chi connectivity index (χ2v) is 9.84. The molecule has 1 atom stereocenters. The molecule has 4 aromatic rings. The minimum Gasteiger partial charge on any atom is -0.260 e. The van der Waals surface area contributed by atoms with Crippen LogP contribution in [0.3, 0.4) is 0 Å². The van der Waals surface area contributed by atoms with Gasteiger partial charge in [-0.3, -0.25) is 4.57 Å². The van der Waals surface area contributed by atoms with Crippen molar-refractivity contribution < 1.29 is 0 Å². The molecule has 2 heterocycles. The molecular formula is C27H23Cl2N5O. The van der Waals surface area contributed by atoms with E-state index in [1.54, 1.807) is 28.8 Å². The van der Waals surface area contributed by atoms with Crippen LogP contribution >= 0.6 is 23.2 Å². The van der Waals surface area contributed by atoms with E-state index in [1.807, 2.05) is 36.2 Å². The van der Waals surface area contributed by atoms with Gasteiger partial charge in [0.2, 0.25) is 5.95 Å². The van der Waals surface area contributed by atoms with Crippen molar-refractivity contribution in [2.45, 2.75) is 31.7 Å². The van der Waals surface area contributed by atoms with Crippen LogP contribution in [0, 0.1) is 0 Å². The van der Waals surface area contributed by atoms with E-state index in [2.05, 4.69) is 24.3 Å². The van der Waals surface area contributed by atoms with Crippen molar-refractivity contribution in [3.63, 3.8) is 0 Å². The van der Waals surface area contributed by atoms with Crippen LogP contribution in [0.25, 0.3) is 5.69 Å². The Morgan fingerprint density at radius 3 is 2.34 bits per heavy atom. The maximum atomic E-state index is 13.3. The Morgan fingerprint density at radius 2 is 1.63 bits per heavy atom. The Hall–Kier alpha value is -3.35. The Balaban J connectivity index is 1.50. The lowest BCUT2D eigenvalue weighted by Crippen LogP contribution is -2.37. The molecule has 0 radical (unpaired) electrons. The van der Waals surface area contributed by atoms with E-state index in [9.17, 15) is 4.79 Å². The van der Waals surface area contributed by atoms with Gasteiger partial charge in [0.1, 0.15) is 0 Å². The summed E-state index contributed by atoms with van der Waals surface area (Å²) in [7, 11) is 0. The molecule has 3 aromatic carbocycles. The van der Waals surface area contributed by atoms with Gasteiger partial charge in [-0.1, -0.05) is 59.6 Å². The standard InChI is InChI=1S/C27H23Cl2N5O/c1-2-32-25(31-34(26(32)35)22-13-11-21(29)12-14-22)33-17-27(16-15-18-5-3-4-6-23(18)27)24(30-33)19-7-9-20(28)10-8-19/h3-14H,2,15-17H2,1H3/t27-/m1/s1. The van der Waals surface area contributed by atoms with Gasteiger partial charge in [-0.05, 0) is 72.9 Å². The van der Waals surface area contributed by atoms with E-state index < -0.39 is 0 Å². The van der Waals surface area contributed by atoms with E-state index in [0.717, 1.165) is 24.1 Å². The average Bonchev–Trinajstić information content (AvgIpc) is 3.54. The third-order valence-corrected chi connectivity index (χ3v) is 7.53. The minimum atomic E-state index is -0.289. The predicted molar refractivity (Wildman–Crippen MR) is 140 cm³/mol. The number of nitrogens with zero attached hydrogens (tertiary/aromatic N) is 5. The molecule has 0 N–H and O–H groups in total. The molecule has 1 aliphatic carbocycles. The zero-order valence-electron chi connectivity index (χ0n) is 19.2. The third-order valence-electron chi connectivity index (χ3n) is 7.03. The lowest BCUT2D eigenvalue weighted by atomic mass is 9.75. The molecule has 0 fully saturated rings. The Morgan fingerprint density at radius 1 is 0.943 bits per heavy atom. The summed E-state index contributed by atoms with van der Waals surface area (Å²) in [5, 5.41) is 13.0. The summed E-state index contributed by atoms with van der Waals surface area (Å²) in [6.07, 6.45) is 1.93. The molecule has 0 saturated carbocycles. The minimum absolute atomic E-state index is 0.208. The zero-order valence-corrected chi connectivity index (χ0v) is 20.7. The number of aryl methyl sites for hydroxylation is 1. The van der Waals surface area contributed by atoms with Crippen molar-refractivity contribution in [2.24, 2.45) is 5.10 Å². The van der Waals surface area contributed by atoms with Crippen LogP contribution in [-0.2, 0) is 18.4 Å². The topological polar surface area (TPSA) is 55.4 Å². The quantitative estimate of drug-likeness (QED) is 0.371. The van der Waals surface area contributed by atoms with Crippen molar-refractivity contribution in [1.29, 1.82) is 0 Å². The Labute approximate surface area is 213 Å². The summed E-state index contributed by atoms with van der Waals surface area (Å²) < 4.78 is 3.08. The highest BCUT2D eigenvalue weighted by Crippen LogP contribution is 2.46. The van der Waals surface area contributed by atoms with Gasteiger partial charge in [-0.25, -0.2) is 9.80 Å². The molecule has 0 unspecified atom stereocenters. The van der Waals surface area contributed by atoms with Gasteiger partial charge in [-0.2, -0.15) is 9.78 Å². The molecule has 35 heavy (non-hydrogen) atoms. The lowest BCUT2D eigenvalue weighted by Gasteiger charge is -2.27. The van der Waals surface area contributed by atoms with Gasteiger partial charge in [-0.15, -0.1) is 5.10 Å². The molecule has 0 saturated heterocycles. The van der Waals surface area contributed by atoms with Crippen molar-refractivity contribution in [1.82, 2.24) is 14.3 Å². The number of benzene rings is 3. The predicted octanol–water partition coefficient (Wildman–Crippen LogP) is 5.47. The van der Waals surface area contributed by atoms with Crippen LogP contribution in [0.2, 0.25) is 10.0 Å². The van der Waals surface area contributed by atoms with Crippen LogP contribution in [0.5, 0.6) is 0 Å². The van der Waals surface area contributed by atoms with E-state index in [0.29, 0.717) is 34.8 Å². The highest BCUT2D eigenvalue weighted by atomic mass is 35.5. The van der Waals surface area contributed by atoms with Gasteiger partial charge in [0.05, 0.1) is 23.4 Å². The van der Waals surface area contributed by atoms with Crippen LogP contribution in [0.15, 0.2) is 82.7 Å². The van der Waals surface area contributed by atoms with Crippen LogP contribution in [-0.4, -0.2) is 26.6 Å². The fourth-order valence-electron chi connectivity index (χ4n) is 5.34. The monoisotopic (exact) mass is 503 g/mol. The normalized spacial score (nSPS) is 18.8. The van der Waals surface area contributed by atoms with Gasteiger partial charge < -0.3 is 0 Å². The summed E-state index contributed by atoms with van der Waals surface area (Å²) in [5.41, 5.74) is 4.81. The highest BCUT2D eigenvalue weighted by Gasteiger charge is 2.49. The molecule has 0 amide bonds. The molecule has 1 aliphatic heterocycles. The van der Waals surface area contributed by atoms with E-state index in [4.69, 9.17) is 33.4 Å². The van der Waals surface area contributed by atoms with Crippen molar-refractivity contribution in [3.05, 3.63) is 110 Å². The lowest BCUT2D eigenvalue weighted by molar-refractivity contribution is 0.578. The van der Waals surface area contributed by atoms with Crippen molar-refractivity contribution in [2.75, 3.05) is 11.6 Å². The van der Waals surface area contributed by atoms with Crippen LogP contribution < -0.4 is 10.7 Å². The first-order chi connectivity index (χ1) is 17.0. The van der Waals surface area contributed by atoms with Crippen molar-refractivity contribution >= 4 is 34.9 Å². The number of halogens is 2. The number of hydrogen-bond donors (Lipinski definition) is 0. The zero-order chi connectivity index (χ0) is 24.2. The largest absolute Gasteiger partial charge is 0.352 e. The fraction of sp³-hybridized carbons (Fsp3) is 0.222. The van der Waals surface area contributed by atoms with Crippen LogP contribution in [0.4, 0.5) is 5.95 Å². The summed E-state index contributed by atoms with van der Waals surface area (Å²) >= 11 is 12.2. The van der Waals surface area contributed by atoms with Gasteiger partial charge in [0, 0.05) is 16.6 Å². The molecular weight excluding hydrogens is 481 g/mol. The maximum Gasteiger partial charge on any atom is 0.352 e. The van der Waals surface area contributed by atoms with E-state index >= 15 is 0 Å². The molecule has 6 rings (SSSR count). The summed E-state index contributed by atoms with van der Waals surface area (Å²) in [5.74, 6) is 0.528. The smallest absolute Gasteiger partial charge is 0.260 e. The van der Waals surface area contributed by atoms with E-state index in [-0.39, 0.29) is 11.1 Å². The average molecular weight is 504 g/mol. The third kappa shape index (κ3) is 3.51. The molecule has 1 spiro atoms. The first-order valence-electron chi connectivity index (χ1n) is 11.7. The second kappa shape index (κ2) is 8.40. The first kappa shape index (κ1) is 22.1. The number of hydrogen-bond acceptors (Lipinski definition) is 4. The number of aromatic nitrogens is 3. The van der Waals surface area contributed by atoms with Gasteiger partial charge in [0.25, 0.3) is 0 Å². The number of fused-ring (bicyclic) bond motifs is 2. The second-order valence-electron chi connectivity index (χ2n) is 8.97. The first-order valence-corrected chi connectivity index (χ1v) is 12.4. The maximum absolute atomic E-state index is 13.3. The highest BCUT2D eigenvalue weighted by molar-refractivity contribution is 6.31. The van der Waals surface area contributed by atoms with Gasteiger partial charge >= 0.3 is 5.69 Å². The van der Waals surface area contributed by atoms with Gasteiger partial charge in [0.15, 0.2) is 0 Å². The summed E-state index contributed by atoms with van der Waals surface area (Å²) in [6.45, 7) is 3.03. The Bertz CT molecular complexity index is 1500. The molecule has 1 aromatic heterocycles. The number of hydrazone groups is 1.